The summed E-state index contributed by atoms with van der Waals surface area (Å²) in [5.74, 6) is 1.67. The molecule has 0 saturated carbocycles. The van der Waals surface area contributed by atoms with Crippen LogP contribution in [0, 0.1) is 0 Å². The van der Waals surface area contributed by atoms with E-state index >= 15 is 0 Å². The van der Waals surface area contributed by atoms with Crippen LogP contribution in [0.15, 0.2) is 66.9 Å². The number of benzene rings is 2. The Morgan fingerprint density at radius 2 is 1.50 bits per heavy atom. The highest BCUT2D eigenvalue weighted by Gasteiger charge is 2.09. The summed E-state index contributed by atoms with van der Waals surface area (Å²) in [6.07, 6.45) is 1.79. The maximum absolute atomic E-state index is 5.22. The number of aromatic nitrogens is 2. The van der Waals surface area contributed by atoms with E-state index in [-0.39, 0.29) is 0 Å². The molecule has 0 amide bonds. The molecule has 0 unspecified atom stereocenters. The van der Waals surface area contributed by atoms with Crippen molar-refractivity contribution >= 4 is 22.4 Å². The van der Waals surface area contributed by atoms with Crippen LogP contribution in [0.5, 0.6) is 11.5 Å². The van der Waals surface area contributed by atoms with Crippen LogP contribution in [0.3, 0.4) is 0 Å². The fourth-order valence-corrected chi connectivity index (χ4v) is 2.89. The quantitative estimate of drug-likeness (QED) is 0.535. The average molecular weight is 345 g/mol. The van der Waals surface area contributed by atoms with Crippen LogP contribution >= 0.6 is 0 Å². The highest BCUT2D eigenvalue weighted by molar-refractivity contribution is 5.94. The number of ether oxygens (including phenoxy) is 2. The molecule has 0 atom stereocenters. The molecular formula is C21H19N3O2. The van der Waals surface area contributed by atoms with E-state index in [1.165, 1.54) is 0 Å². The molecule has 0 aliphatic heterocycles. The number of H-pyrrole nitrogens is 1. The third kappa shape index (κ3) is 3.07. The maximum Gasteiger partial charge on any atom is 0.139 e. The molecule has 0 saturated heterocycles. The van der Waals surface area contributed by atoms with Crippen LogP contribution in [0.1, 0.15) is 0 Å². The third-order valence-electron chi connectivity index (χ3n) is 4.30. The fourth-order valence-electron chi connectivity index (χ4n) is 2.89. The van der Waals surface area contributed by atoms with Gasteiger partial charge in [-0.2, -0.15) is 0 Å². The van der Waals surface area contributed by atoms with E-state index in [0.29, 0.717) is 0 Å². The molecule has 4 rings (SSSR count). The SMILES string of the molecule is COc1ccc(Nc2ccnc3[nH]c(-c4ccc(OC)cc4)cc23)cc1. The Kier molecular flexibility index (Phi) is 4.19. The average Bonchev–Trinajstić information content (AvgIpc) is 3.14. The second kappa shape index (κ2) is 6.80. The number of nitrogens with zero attached hydrogens (tertiary/aromatic N) is 1. The van der Waals surface area contributed by atoms with E-state index < -0.39 is 0 Å². The lowest BCUT2D eigenvalue weighted by Gasteiger charge is -2.08. The molecule has 0 bridgehead atoms. The first kappa shape index (κ1) is 16.0. The molecule has 0 radical (unpaired) electrons. The summed E-state index contributed by atoms with van der Waals surface area (Å²) in [7, 11) is 3.33. The number of hydrogen-bond donors (Lipinski definition) is 2. The summed E-state index contributed by atoms with van der Waals surface area (Å²) < 4.78 is 10.4. The van der Waals surface area contributed by atoms with Crippen molar-refractivity contribution in [1.82, 2.24) is 9.97 Å². The zero-order valence-corrected chi connectivity index (χ0v) is 14.6. The number of fused-ring (bicyclic) bond motifs is 1. The zero-order valence-electron chi connectivity index (χ0n) is 14.6. The smallest absolute Gasteiger partial charge is 0.139 e. The fraction of sp³-hybridized carbons (Fsp3) is 0.0952. The minimum absolute atomic E-state index is 0.832. The second-order valence-corrected chi connectivity index (χ2v) is 5.89. The van der Waals surface area contributed by atoms with Crippen molar-refractivity contribution in [3.05, 3.63) is 66.9 Å². The van der Waals surface area contributed by atoms with Crippen LogP contribution in [-0.4, -0.2) is 24.2 Å². The first-order chi connectivity index (χ1) is 12.8. The predicted octanol–water partition coefficient (Wildman–Crippen LogP) is 4.99. The van der Waals surface area contributed by atoms with Crippen LogP contribution in [0.4, 0.5) is 11.4 Å². The second-order valence-electron chi connectivity index (χ2n) is 5.89. The van der Waals surface area contributed by atoms with Crippen LogP contribution in [0.25, 0.3) is 22.3 Å². The monoisotopic (exact) mass is 345 g/mol. The molecule has 2 N–H and O–H groups in total. The van der Waals surface area contributed by atoms with Crippen molar-refractivity contribution < 1.29 is 9.47 Å². The van der Waals surface area contributed by atoms with Gasteiger partial charge in [-0.15, -0.1) is 0 Å². The molecule has 5 nitrogen and oxygen atoms in total. The minimum atomic E-state index is 0.832. The highest BCUT2D eigenvalue weighted by atomic mass is 16.5. The first-order valence-electron chi connectivity index (χ1n) is 8.30. The van der Waals surface area contributed by atoms with Gasteiger partial charge < -0.3 is 19.8 Å². The molecule has 130 valence electrons. The Balaban J connectivity index is 1.68. The third-order valence-corrected chi connectivity index (χ3v) is 4.30. The van der Waals surface area contributed by atoms with Crippen molar-refractivity contribution in [1.29, 1.82) is 0 Å². The van der Waals surface area contributed by atoms with Crippen LogP contribution < -0.4 is 14.8 Å². The van der Waals surface area contributed by atoms with E-state index in [1.807, 2.05) is 54.6 Å². The minimum Gasteiger partial charge on any atom is -0.497 e. The van der Waals surface area contributed by atoms with Crippen LogP contribution in [-0.2, 0) is 0 Å². The summed E-state index contributed by atoms with van der Waals surface area (Å²) in [5, 5.41) is 4.48. The molecular weight excluding hydrogens is 326 g/mol. The van der Waals surface area contributed by atoms with Gasteiger partial charge in [-0.1, -0.05) is 0 Å². The number of rotatable bonds is 5. The Bertz CT molecular complexity index is 1020. The van der Waals surface area contributed by atoms with Gasteiger partial charge in [0.2, 0.25) is 0 Å². The van der Waals surface area contributed by atoms with Crippen molar-refractivity contribution in [3.63, 3.8) is 0 Å². The molecule has 0 aliphatic carbocycles. The molecule has 5 heteroatoms. The van der Waals surface area contributed by atoms with Gasteiger partial charge in [-0.3, -0.25) is 0 Å². The van der Waals surface area contributed by atoms with E-state index in [9.17, 15) is 0 Å². The number of hydrogen-bond acceptors (Lipinski definition) is 4. The first-order valence-corrected chi connectivity index (χ1v) is 8.30. The lowest BCUT2D eigenvalue weighted by Crippen LogP contribution is -1.91. The predicted molar refractivity (Wildman–Crippen MR) is 104 cm³/mol. The summed E-state index contributed by atoms with van der Waals surface area (Å²) >= 11 is 0. The number of aromatic amines is 1. The molecule has 2 aromatic carbocycles. The van der Waals surface area contributed by atoms with Crippen molar-refractivity contribution in [3.8, 4) is 22.8 Å². The standard InChI is InChI=1S/C21H19N3O2/c1-25-16-7-3-14(4-8-16)20-13-18-19(11-12-22-21(18)24-20)23-15-5-9-17(26-2)10-6-15/h3-13H,1-2H3,(H2,22,23,24). The van der Waals surface area contributed by atoms with Gasteiger partial charge in [0, 0.05) is 23.0 Å². The van der Waals surface area contributed by atoms with Crippen molar-refractivity contribution in [2.75, 3.05) is 19.5 Å². The zero-order chi connectivity index (χ0) is 17.9. The summed E-state index contributed by atoms with van der Waals surface area (Å²) in [4.78, 5) is 7.83. The molecule has 26 heavy (non-hydrogen) atoms. The molecule has 2 heterocycles. The number of methoxy groups -OCH3 is 2. The van der Waals surface area contributed by atoms with Gasteiger partial charge in [0.05, 0.1) is 19.9 Å². The Labute approximate surface area is 151 Å². The van der Waals surface area contributed by atoms with Gasteiger partial charge in [-0.05, 0) is 66.2 Å². The maximum atomic E-state index is 5.22. The van der Waals surface area contributed by atoms with E-state index in [2.05, 4.69) is 21.4 Å². The molecule has 4 aromatic rings. The topological polar surface area (TPSA) is 59.2 Å². The Morgan fingerprint density at radius 3 is 2.15 bits per heavy atom. The van der Waals surface area contributed by atoms with Gasteiger partial charge in [-0.25, -0.2) is 4.98 Å². The summed E-state index contributed by atoms with van der Waals surface area (Å²) in [5.41, 5.74) is 4.93. The largest absolute Gasteiger partial charge is 0.497 e. The molecule has 2 aromatic heterocycles. The van der Waals surface area contributed by atoms with E-state index in [4.69, 9.17) is 9.47 Å². The lowest BCUT2D eigenvalue weighted by molar-refractivity contribution is 0.415. The van der Waals surface area contributed by atoms with E-state index in [1.54, 1.807) is 20.4 Å². The van der Waals surface area contributed by atoms with Crippen molar-refractivity contribution in [2.45, 2.75) is 0 Å². The van der Waals surface area contributed by atoms with Gasteiger partial charge >= 0.3 is 0 Å². The number of anilines is 2. The van der Waals surface area contributed by atoms with Crippen LogP contribution in [0.2, 0.25) is 0 Å². The van der Waals surface area contributed by atoms with Gasteiger partial charge in [0.25, 0.3) is 0 Å². The molecule has 0 fully saturated rings. The summed E-state index contributed by atoms with van der Waals surface area (Å²) in [6.45, 7) is 0. The lowest BCUT2D eigenvalue weighted by atomic mass is 10.1. The Morgan fingerprint density at radius 1 is 0.846 bits per heavy atom. The van der Waals surface area contributed by atoms with E-state index in [0.717, 1.165) is 45.2 Å². The molecule has 0 aliphatic rings. The normalized spacial score (nSPS) is 10.7. The number of pyridine rings is 1. The Hall–Kier alpha value is -3.47. The number of nitrogens with one attached hydrogen (secondary N) is 2. The summed E-state index contributed by atoms with van der Waals surface area (Å²) in [6, 6.07) is 19.9. The molecule has 0 spiro atoms. The highest BCUT2D eigenvalue weighted by Crippen LogP contribution is 2.30. The van der Waals surface area contributed by atoms with Gasteiger partial charge in [0.1, 0.15) is 17.1 Å². The van der Waals surface area contributed by atoms with Gasteiger partial charge in [0.15, 0.2) is 0 Å². The van der Waals surface area contributed by atoms with Crippen molar-refractivity contribution in [2.24, 2.45) is 0 Å².